The van der Waals surface area contributed by atoms with Gasteiger partial charge in [0.2, 0.25) is 0 Å². The van der Waals surface area contributed by atoms with Crippen molar-refractivity contribution >= 4 is 16.1 Å². The third-order valence-corrected chi connectivity index (χ3v) is 4.77. The number of carboxylic acids is 1. The minimum Gasteiger partial charge on any atom is -0.481 e. The highest BCUT2D eigenvalue weighted by molar-refractivity contribution is 7.87. The van der Waals surface area contributed by atoms with Crippen molar-refractivity contribution in [1.82, 2.24) is 0 Å². The van der Waals surface area contributed by atoms with Crippen LogP contribution < -0.4 is 4.18 Å². The van der Waals surface area contributed by atoms with E-state index < -0.39 is 22.0 Å². The summed E-state index contributed by atoms with van der Waals surface area (Å²) in [6, 6.07) is 12.4. The fraction of sp³-hybridized carbons (Fsp3) is 0.235. The molecule has 0 bridgehead atoms. The molecule has 6 heteroatoms. The Morgan fingerprint density at radius 1 is 1.09 bits per heavy atom. The van der Waals surface area contributed by atoms with Crippen molar-refractivity contribution in [3.63, 3.8) is 0 Å². The predicted octanol–water partition coefficient (Wildman–Crippen LogP) is 3.34. The third kappa shape index (κ3) is 4.10. The highest BCUT2D eigenvalue weighted by Crippen LogP contribution is 2.24. The minimum absolute atomic E-state index is 0.0733. The van der Waals surface area contributed by atoms with Crippen LogP contribution in [-0.2, 0) is 14.9 Å². The van der Waals surface area contributed by atoms with Gasteiger partial charge >= 0.3 is 16.1 Å². The van der Waals surface area contributed by atoms with E-state index in [-0.39, 0.29) is 10.6 Å². The standard InChI is InChI=1S/C17H18O5S/c1-3-16(17(18)19)13-6-8-14(9-7-13)22-23(20,21)15-10-4-12(2)5-11-15/h4-11,16H,3H2,1-2H3,(H,18,19). The van der Waals surface area contributed by atoms with E-state index in [1.54, 1.807) is 31.2 Å². The maximum absolute atomic E-state index is 12.2. The molecule has 0 aliphatic carbocycles. The van der Waals surface area contributed by atoms with Gasteiger partial charge in [0.05, 0.1) is 5.92 Å². The Hall–Kier alpha value is -2.34. The molecule has 0 radical (unpaired) electrons. The minimum atomic E-state index is -3.90. The predicted molar refractivity (Wildman–Crippen MR) is 86.1 cm³/mol. The van der Waals surface area contributed by atoms with Crippen LogP contribution >= 0.6 is 0 Å². The van der Waals surface area contributed by atoms with E-state index in [4.69, 9.17) is 9.29 Å². The molecule has 2 aromatic carbocycles. The van der Waals surface area contributed by atoms with Crippen LogP contribution in [0.3, 0.4) is 0 Å². The molecule has 0 amide bonds. The summed E-state index contributed by atoms with van der Waals surface area (Å²) >= 11 is 0. The molecular weight excluding hydrogens is 316 g/mol. The van der Waals surface area contributed by atoms with Gasteiger partial charge in [0, 0.05) is 0 Å². The van der Waals surface area contributed by atoms with Gasteiger partial charge in [0.25, 0.3) is 0 Å². The lowest BCUT2D eigenvalue weighted by Crippen LogP contribution is -2.11. The highest BCUT2D eigenvalue weighted by atomic mass is 32.2. The molecule has 0 fully saturated rings. The molecule has 2 aromatic rings. The maximum Gasteiger partial charge on any atom is 0.339 e. The second-order valence-corrected chi connectivity index (χ2v) is 6.76. The number of hydrogen-bond acceptors (Lipinski definition) is 4. The van der Waals surface area contributed by atoms with Crippen molar-refractivity contribution in [2.24, 2.45) is 0 Å². The summed E-state index contributed by atoms with van der Waals surface area (Å²) < 4.78 is 29.4. The van der Waals surface area contributed by atoms with E-state index >= 15 is 0 Å². The molecular formula is C17H18O5S. The van der Waals surface area contributed by atoms with Gasteiger partial charge < -0.3 is 9.29 Å². The van der Waals surface area contributed by atoms with Gasteiger partial charge in [0.1, 0.15) is 10.6 Å². The number of rotatable bonds is 6. The van der Waals surface area contributed by atoms with E-state index in [1.807, 2.05) is 6.92 Å². The van der Waals surface area contributed by atoms with Gasteiger partial charge in [-0.25, -0.2) is 0 Å². The molecule has 5 nitrogen and oxygen atoms in total. The number of aliphatic carboxylic acids is 1. The quantitative estimate of drug-likeness (QED) is 0.820. The Balaban J connectivity index is 2.20. The number of carbonyl (C=O) groups is 1. The number of carboxylic acid groups (broad SMARTS) is 1. The molecule has 1 atom stereocenters. The van der Waals surface area contributed by atoms with Gasteiger partial charge in [-0.1, -0.05) is 36.8 Å². The summed E-state index contributed by atoms with van der Waals surface area (Å²) in [5, 5.41) is 9.13. The van der Waals surface area contributed by atoms with Crippen molar-refractivity contribution in [1.29, 1.82) is 0 Å². The summed E-state index contributed by atoms with van der Waals surface area (Å²) in [6.45, 7) is 3.65. The molecule has 0 saturated heterocycles. The van der Waals surface area contributed by atoms with Gasteiger partial charge in [0.15, 0.2) is 0 Å². The molecule has 0 aromatic heterocycles. The van der Waals surface area contributed by atoms with Crippen molar-refractivity contribution in [2.45, 2.75) is 31.1 Å². The maximum atomic E-state index is 12.2. The second-order valence-electron chi connectivity index (χ2n) is 5.22. The molecule has 1 unspecified atom stereocenters. The first-order valence-electron chi connectivity index (χ1n) is 7.17. The van der Waals surface area contributed by atoms with Gasteiger partial charge in [-0.2, -0.15) is 8.42 Å². The fourth-order valence-electron chi connectivity index (χ4n) is 2.19. The Morgan fingerprint density at radius 2 is 1.65 bits per heavy atom. The zero-order valence-corrected chi connectivity index (χ0v) is 13.7. The second kappa shape index (κ2) is 6.83. The fourth-order valence-corrected chi connectivity index (χ4v) is 3.12. The first-order chi connectivity index (χ1) is 10.8. The zero-order valence-electron chi connectivity index (χ0n) is 12.9. The van der Waals surface area contributed by atoms with Crippen molar-refractivity contribution in [2.75, 3.05) is 0 Å². The molecule has 23 heavy (non-hydrogen) atoms. The molecule has 0 aliphatic heterocycles. The Labute approximate surface area is 135 Å². The normalized spacial score (nSPS) is 12.6. The molecule has 2 rings (SSSR count). The van der Waals surface area contributed by atoms with E-state index in [1.165, 1.54) is 24.3 Å². The van der Waals surface area contributed by atoms with Gasteiger partial charge in [-0.15, -0.1) is 0 Å². The third-order valence-electron chi connectivity index (χ3n) is 3.50. The number of benzene rings is 2. The molecule has 1 N–H and O–H groups in total. The van der Waals surface area contributed by atoms with Crippen LogP contribution in [0.2, 0.25) is 0 Å². The van der Waals surface area contributed by atoms with Crippen LogP contribution in [0.1, 0.15) is 30.4 Å². The number of aryl methyl sites for hydroxylation is 1. The van der Waals surface area contributed by atoms with E-state index in [0.29, 0.717) is 12.0 Å². The van der Waals surface area contributed by atoms with Crippen LogP contribution in [0.25, 0.3) is 0 Å². The highest BCUT2D eigenvalue weighted by Gasteiger charge is 2.19. The lowest BCUT2D eigenvalue weighted by Gasteiger charge is -2.11. The summed E-state index contributed by atoms with van der Waals surface area (Å²) in [6.07, 6.45) is 0.456. The lowest BCUT2D eigenvalue weighted by atomic mass is 9.97. The Kier molecular flexibility index (Phi) is 5.05. The van der Waals surface area contributed by atoms with Crippen LogP contribution in [0.15, 0.2) is 53.4 Å². The van der Waals surface area contributed by atoms with Crippen LogP contribution in [-0.4, -0.2) is 19.5 Å². The Morgan fingerprint density at radius 3 is 2.13 bits per heavy atom. The smallest absolute Gasteiger partial charge is 0.339 e. The average Bonchev–Trinajstić information content (AvgIpc) is 2.49. The molecule has 0 spiro atoms. The monoisotopic (exact) mass is 334 g/mol. The average molecular weight is 334 g/mol. The number of hydrogen-bond donors (Lipinski definition) is 1. The topological polar surface area (TPSA) is 80.7 Å². The van der Waals surface area contributed by atoms with E-state index in [0.717, 1.165) is 5.56 Å². The van der Waals surface area contributed by atoms with Crippen molar-refractivity contribution in [3.8, 4) is 5.75 Å². The summed E-state index contributed by atoms with van der Waals surface area (Å²) in [5.41, 5.74) is 1.56. The zero-order chi connectivity index (χ0) is 17.0. The molecule has 122 valence electrons. The largest absolute Gasteiger partial charge is 0.481 e. The molecule has 0 heterocycles. The van der Waals surface area contributed by atoms with Crippen molar-refractivity contribution in [3.05, 3.63) is 59.7 Å². The summed E-state index contributed by atoms with van der Waals surface area (Å²) in [7, 11) is -3.90. The first-order valence-corrected chi connectivity index (χ1v) is 8.58. The first kappa shape index (κ1) is 17.0. The van der Waals surface area contributed by atoms with Crippen molar-refractivity contribution < 1.29 is 22.5 Å². The molecule has 0 saturated carbocycles. The van der Waals surface area contributed by atoms with Crippen LogP contribution in [0.4, 0.5) is 0 Å². The van der Waals surface area contributed by atoms with Gasteiger partial charge in [-0.05, 0) is 43.2 Å². The lowest BCUT2D eigenvalue weighted by molar-refractivity contribution is -0.138. The molecule has 0 aliphatic rings. The van der Waals surface area contributed by atoms with Gasteiger partial charge in [-0.3, -0.25) is 4.79 Å². The van der Waals surface area contributed by atoms with Crippen LogP contribution in [0.5, 0.6) is 5.75 Å². The summed E-state index contributed by atoms with van der Waals surface area (Å²) in [4.78, 5) is 11.2. The van der Waals surface area contributed by atoms with Crippen LogP contribution in [0, 0.1) is 6.92 Å². The summed E-state index contributed by atoms with van der Waals surface area (Å²) in [5.74, 6) is -1.37. The Bertz CT molecular complexity index is 777. The SMILES string of the molecule is CCC(C(=O)O)c1ccc(OS(=O)(=O)c2ccc(C)cc2)cc1. The van der Waals surface area contributed by atoms with E-state index in [2.05, 4.69) is 0 Å². The van der Waals surface area contributed by atoms with E-state index in [9.17, 15) is 13.2 Å².